The van der Waals surface area contributed by atoms with Crippen molar-refractivity contribution < 1.29 is 9.53 Å². The van der Waals surface area contributed by atoms with Crippen molar-refractivity contribution >= 4 is 22.6 Å². The molecule has 0 aliphatic carbocycles. The van der Waals surface area contributed by atoms with Crippen LogP contribution in [0.1, 0.15) is 27.7 Å². The Hall–Kier alpha value is -1.34. The minimum atomic E-state index is -0.452. The van der Waals surface area contributed by atoms with E-state index >= 15 is 0 Å². The van der Waals surface area contributed by atoms with Gasteiger partial charge >= 0.3 is 6.09 Å². The molecule has 1 saturated heterocycles. The molecule has 0 radical (unpaired) electrons. The zero-order valence-corrected chi connectivity index (χ0v) is 14.7. The third-order valence-corrected chi connectivity index (χ3v) is 4.40. The van der Waals surface area contributed by atoms with Crippen molar-refractivity contribution in [1.29, 1.82) is 0 Å². The third kappa shape index (κ3) is 5.14. The Morgan fingerprint density at radius 1 is 1.41 bits per heavy atom. The van der Waals surface area contributed by atoms with Crippen molar-refractivity contribution in [3.8, 4) is 0 Å². The van der Waals surface area contributed by atoms with Gasteiger partial charge < -0.3 is 15.0 Å². The number of hydrogen-bond donors (Lipinski definition) is 1. The zero-order valence-electron chi connectivity index (χ0n) is 13.8. The molecular weight excluding hydrogens is 300 g/mol. The van der Waals surface area contributed by atoms with Gasteiger partial charge in [-0.2, -0.15) is 0 Å². The summed E-state index contributed by atoms with van der Waals surface area (Å²) in [6, 6.07) is 0.297. The molecule has 1 N–H and O–H groups in total. The molecule has 1 unspecified atom stereocenters. The van der Waals surface area contributed by atoms with Gasteiger partial charge in [-0.05, 0) is 27.7 Å². The summed E-state index contributed by atoms with van der Waals surface area (Å²) in [5, 5.41) is 5.95. The molecule has 1 fully saturated rings. The van der Waals surface area contributed by atoms with Crippen molar-refractivity contribution in [3.05, 3.63) is 11.6 Å². The SMILES string of the molecule is CC(CNC(=O)OC(C)(C)C)N1CCN(c2nccs2)CC1. The second kappa shape index (κ2) is 7.28. The van der Waals surface area contributed by atoms with Gasteiger partial charge in [0.15, 0.2) is 5.13 Å². The van der Waals surface area contributed by atoms with Gasteiger partial charge in [-0.3, -0.25) is 4.90 Å². The molecule has 22 heavy (non-hydrogen) atoms. The number of nitrogens with one attached hydrogen (secondary N) is 1. The number of thiazole rings is 1. The Kier molecular flexibility index (Phi) is 5.63. The van der Waals surface area contributed by atoms with Gasteiger partial charge in [-0.1, -0.05) is 0 Å². The van der Waals surface area contributed by atoms with Crippen LogP contribution in [0, 0.1) is 0 Å². The monoisotopic (exact) mass is 326 g/mol. The van der Waals surface area contributed by atoms with E-state index in [0.29, 0.717) is 12.6 Å². The second-order valence-electron chi connectivity index (χ2n) is 6.57. The van der Waals surface area contributed by atoms with Crippen LogP contribution in [0.2, 0.25) is 0 Å². The number of carbonyl (C=O) groups excluding carboxylic acids is 1. The fourth-order valence-electron chi connectivity index (χ4n) is 2.40. The maximum atomic E-state index is 11.7. The lowest BCUT2D eigenvalue weighted by Crippen LogP contribution is -2.52. The molecule has 1 amide bonds. The van der Waals surface area contributed by atoms with Crippen LogP contribution in [0.25, 0.3) is 0 Å². The number of ether oxygens (including phenoxy) is 1. The smallest absolute Gasteiger partial charge is 0.407 e. The van der Waals surface area contributed by atoms with Crippen molar-refractivity contribution in [2.45, 2.75) is 39.3 Å². The Balaban J connectivity index is 1.71. The first-order valence-electron chi connectivity index (χ1n) is 7.70. The highest BCUT2D eigenvalue weighted by Gasteiger charge is 2.23. The number of amides is 1. The van der Waals surface area contributed by atoms with E-state index in [9.17, 15) is 4.79 Å². The van der Waals surface area contributed by atoms with Gasteiger partial charge in [0.25, 0.3) is 0 Å². The first-order valence-corrected chi connectivity index (χ1v) is 8.58. The van der Waals surface area contributed by atoms with E-state index in [-0.39, 0.29) is 6.09 Å². The average molecular weight is 326 g/mol. The fourth-order valence-corrected chi connectivity index (χ4v) is 3.10. The highest BCUT2D eigenvalue weighted by molar-refractivity contribution is 7.13. The summed E-state index contributed by atoms with van der Waals surface area (Å²) in [6.07, 6.45) is 1.50. The van der Waals surface area contributed by atoms with E-state index in [1.54, 1.807) is 11.3 Å². The quantitative estimate of drug-likeness (QED) is 0.919. The van der Waals surface area contributed by atoms with Crippen LogP contribution in [-0.4, -0.2) is 60.3 Å². The lowest BCUT2D eigenvalue weighted by Gasteiger charge is -2.38. The van der Waals surface area contributed by atoms with E-state index in [4.69, 9.17) is 4.74 Å². The number of hydrogen-bond acceptors (Lipinski definition) is 6. The number of aromatic nitrogens is 1. The predicted octanol–water partition coefficient (Wildman–Crippen LogP) is 2.18. The molecule has 0 saturated carbocycles. The normalized spacial score (nSPS) is 18.1. The number of anilines is 1. The minimum absolute atomic E-state index is 0.297. The van der Waals surface area contributed by atoms with Crippen molar-refractivity contribution in [1.82, 2.24) is 15.2 Å². The molecular formula is C15H26N4O2S. The lowest BCUT2D eigenvalue weighted by molar-refractivity contribution is 0.0508. The summed E-state index contributed by atoms with van der Waals surface area (Å²) in [4.78, 5) is 20.7. The molecule has 2 heterocycles. The van der Waals surface area contributed by atoms with E-state index in [1.165, 1.54) is 0 Å². The van der Waals surface area contributed by atoms with Crippen LogP contribution >= 0.6 is 11.3 Å². The van der Waals surface area contributed by atoms with E-state index in [1.807, 2.05) is 32.3 Å². The molecule has 1 aliphatic rings. The van der Waals surface area contributed by atoms with E-state index in [0.717, 1.165) is 31.3 Å². The maximum Gasteiger partial charge on any atom is 0.407 e. The molecule has 0 bridgehead atoms. The van der Waals surface area contributed by atoms with Gasteiger partial charge in [0.05, 0.1) is 0 Å². The van der Waals surface area contributed by atoms with Gasteiger partial charge in [-0.25, -0.2) is 9.78 Å². The highest BCUT2D eigenvalue weighted by Crippen LogP contribution is 2.19. The van der Waals surface area contributed by atoms with Gasteiger partial charge in [-0.15, -0.1) is 11.3 Å². The van der Waals surface area contributed by atoms with E-state index in [2.05, 4.69) is 27.0 Å². The first kappa shape index (κ1) is 17.0. The maximum absolute atomic E-state index is 11.7. The highest BCUT2D eigenvalue weighted by atomic mass is 32.1. The lowest BCUT2D eigenvalue weighted by atomic mass is 10.2. The zero-order chi connectivity index (χ0) is 16.2. The van der Waals surface area contributed by atoms with Gasteiger partial charge in [0.2, 0.25) is 0 Å². The number of piperazine rings is 1. The van der Waals surface area contributed by atoms with Crippen molar-refractivity contribution in [3.63, 3.8) is 0 Å². The molecule has 1 atom stereocenters. The molecule has 1 aliphatic heterocycles. The molecule has 0 spiro atoms. The standard InChI is InChI=1S/C15H26N4O2S/c1-12(11-17-14(20)21-15(2,3)4)18-6-8-19(9-7-18)13-16-5-10-22-13/h5,10,12H,6-9,11H2,1-4H3,(H,17,20). The molecule has 0 aromatic carbocycles. The van der Waals surface area contributed by atoms with E-state index < -0.39 is 5.60 Å². The van der Waals surface area contributed by atoms with Crippen LogP contribution in [-0.2, 0) is 4.74 Å². The Labute approximate surface area is 136 Å². The predicted molar refractivity (Wildman–Crippen MR) is 89.6 cm³/mol. The molecule has 6 nitrogen and oxygen atoms in total. The summed E-state index contributed by atoms with van der Waals surface area (Å²) in [5.74, 6) is 0. The summed E-state index contributed by atoms with van der Waals surface area (Å²) < 4.78 is 5.26. The number of carbonyl (C=O) groups is 1. The minimum Gasteiger partial charge on any atom is -0.444 e. The molecule has 1 aromatic heterocycles. The topological polar surface area (TPSA) is 57.7 Å². The van der Waals surface area contributed by atoms with Crippen LogP contribution in [0.3, 0.4) is 0 Å². The van der Waals surface area contributed by atoms with Crippen molar-refractivity contribution in [2.24, 2.45) is 0 Å². The fraction of sp³-hybridized carbons (Fsp3) is 0.733. The third-order valence-electron chi connectivity index (χ3n) is 3.57. The van der Waals surface area contributed by atoms with Crippen LogP contribution in [0.4, 0.5) is 9.93 Å². The van der Waals surface area contributed by atoms with Crippen LogP contribution in [0.5, 0.6) is 0 Å². The molecule has 2 rings (SSSR count). The summed E-state index contributed by atoms with van der Waals surface area (Å²) >= 11 is 1.68. The molecule has 7 heteroatoms. The Morgan fingerprint density at radius 2 is 2.09 bits per heavy atom. The number of nitrogens with zero attached hydrogens (tertiary/aromatic N) is 3. The Morgan fingerprint density at radius 3 is 2.64 bits per heavy atom. The second-order valence-corrected chi connectivity index (χ2v) is 7.44. The summed E-state index contributed by atoms with van der Waals surface area (Å²) in [6.45, 7) is 12.3. The van der Waals surface area contributed by atoms with Crippen LogP contribution in [0.15, 0.2) is 11.6 Å². The van der Waals surface area contributed by atoms with Gasteiger partial charge in [0, 0.05) is 50.3 Å². The Bertz CT molecular complexity index is 464. The first-order chi connectivity index (χ1) is 10.3. The summed E-state index contributed by atoms with van der Waals surface area (Å²) in [7, 11) is 0. The average Bonchev–Trinajstić information content (AvgIpc) is 2.97. The van der Waals surface area contributed by atoms with Gasteiger partial charge in [0.1, 0.15) is 5.60 Å². The molecule has 124 valence electrons. The van der Waals surface area contributed by atoms with Crippen LogP contribution < -0.4 is 10.2 Å². The van der Waals surface area contributed by atoms with Crippen molar-refractivity contribution in [2.75, 3.05) is 37.6 Å². The summed E-state index contributed by atoms with van der Waals surface area (Å²) in [5.41, 5.74) is -0.452. The molecule has 1 aromatic rings. The number of rotatable bonds is 4. The largest absolute Gasteiger partial charge is 0.444 e. The number of alkyl carbamates (subject to hydrolysis) is 1.